The molecule has 5 heteroatoms. The van der Waals surface area contributed by atoms with E-state index >= 15 is 0 Å². The molecule has 2 aromatic rings. The fourth-order valence-corrected chi connectivity index (χ4v) is 5.19. The summed E-state index contributed by atoms with van der Waals surface area (Å²) in [5.74, 6) is 3.27. The average molecular weight is 318 g/mol. The van der Waals surface area contributed by atoms with Gasteiger partial charge in [-0.15, -0.1) is 11.3 Å². The second-order valence-corrected chi connectivity index (χ2v) is 7.69. The fraction of sp³-hybridized carbons (Fsp3) is 0.438. The monoisotopic (exact) mass is 318 g/mol. The third-order valence-corrected chi connectivity index (χ3v) is 6.42. The number of hydrogen-bond donors (Lipinski definition) is 1. The summed E-state index contributed by atoms with van der Waals surface area (Å²) in [6, 6.07) is 6.80. The summed E-state index contributed by atoms with van der Waals surface area (Å²) in [5.41, 5.74) is 3.85. The van der Waals surface area contributed by atoms with Crippen LogP contribution in [-0.4, -0.2) is 30.1 Å². The highest BCUT2D eigenvalue weighted by Gasteiger charge is 2.25. The minimum absolute atomic E-state index is 0.424. The van der Waals surface area contributed by atoms with Crippen LogP contribution in [-0.2, 0) is 12.8 Å². The number of thioether (sulfide) groups is 1. The Balaban J connectivity index is 1.74. The molecule has 4 rings (SSSR count). The highest BCUT2D eigenvalue weighted by molar-refractivity contribution is 7.99. The molecule has 1 aromatic heterocycles. The predicted octanol–water partition coefficient (Wildman–Crippen LogP) is 3.29. The van der Waals surface area contributed by atoms with E-state index in [1.165, 1.54) is 32.5 Å². The van der Waals surface area contributed by atoms with Crippen LogP contribution >= 0.6 is 23.1 Å². The minimum Gasteiger partial charge on any atom is -0.497 e. The van der Waals surface area contributed by atoms with Gasteiger partial charge in [-0.05, 0) is 30.5 Å². The molecule has 0 bridgehead atoms. The molecule has 1 aromatic carbocycles. The van der Waals surface area contributed by atoms with E-state index in [2.05, 4.69) is 23.5 Å². The maximum atomic E-state index is 5.38. The molecular weight excluding hydrogens is 300 g/mol. The van der Waals surface area contributed by atoms with E-state index in [9.17, 15) is 0 Å². The lowest BCUT2D eigenvalue weighted by atomic mass is 9.93. The van der Waals surface area contributed by atoms with Gasteiger partial charge in [-0.2, -0.15) is 11.8 Å². The van der Waals surface area contributed by atoms with Crippen LogP contribution in [0.3, 0.4) is 0 Å². The first-order valence-electron chi connectivity index (χ1n) is 7.33. The highest BCUT2D eigenvalue weighted by atomic mass is 32.2. The number of nitrogens with zero attached hydrogens (tertiary/aromatic N) is 1. The van der Waals surface area contributed by atoms with Gasteiger partial charge in [-0.3, -0.25) is 0 Å². The topological polar surface area (TPSA) is 34.1 Å². The molecule has 3 nitrogen and oxygen atoms in total. The molecule has 2 heterocycles. The molecular formula is C16H18N2OS2. The van der Waals surface area contributed by atoms with E-state index in [4.69, 9.17) is 9.72 Å². The molecule has 0 spiro atoms. The smallest absolute Gasteiger partial charge is 0.119 e. The molecule has 1 aliphatic carbocycles. The molecule has 0 amide bonds. The largest absolute Gasteiger partial charge is 0.497 e. The van der Waals surface area contributed by atoms with Gasteiger partial charge >= 0.3 is 0 Å². The van der Waals surface area contributed by atoms with Gasteiger partial charge in [0.1, 0.15) is 10.8 Å². The van der Waals surface area contributed by atoms with Gasteiger partial charge in [0.15, 0.2) is 0 Å². The van der Waals surface area contributed by atoms with E-state index in [-0.39, 0.29) is 0 Å². The number of aromatic nitrogens is 1. The number of thiazole rings is 1. The summed E-state index contributed by atoms with van der Waals surface area (Å²) in [6.07, 6.45) is 2.23. The molecule has 1 saturated heterocycles. The first kappa shape index (κ1) is 13.6. The van der Waals surface area contributed by atoms with Crippen molar-refractivity contribution in [2.24, 2.45) is 0 Å². The van der Waals surface area contributed by atoms with Crippen molar-refractivity contribution in [3.63, 3.8) is 0 Å². The zero-order valence-corrected chi connectivity index (χ0v) is 13.6. The van der Waals surface area contributed by atoms with Crippen LogP contribution in [0.5, 0.6) is 5.75 Å². The third-order valence-electron chi connectivity index (χ3n) is 4.13. The van der Waals surface area contributed by atoms with Crippen LogP contribution in [0.2, 0.25) is 0 Å². The quantitative estimate of drug-likeness (QED) is 0.921. The van der Waals surface area contributed by atoms with Gasteiger partial charge in [-0.25, -0.2) is 4.98 Å². The van der Waals surface area contributed by atoms with Gasteiger partial charge in [0.25, 0.3) is 0 Å². The van der Waals surface area contributed by atoms with Crippen LogP contribution in [0.15, 0.2) is 18.2 Å². The number of rotatable bonds is 2. The van der Waals surface area contributed by atoms with Crippen molar-refractivity contribution < 1.29 is 4.74 Å². The minimum atomic E-state index is 0.424. The Morgan fingerprint density at radius 2 is 2.29 bits per heavy atom. The summed E-state index contributed by atoms with van der Waals surface area (Å²) >= 11 is 3.91. The Morgan fingerprint density at radius 3 is 3.10 bits per heavy atom. The number of methoxy groups -OCH3 is 1. The third kappa shape index (κ3) is 2.47. The highest BCUT2D eigenvalue weighted by Crippen LogP contribution is 2.40. The molecule has 2 aliphatic rings. The summed E-state index contributed by atoms with van der Waals surface area (Å²) in [5, 5.41) is 4.85. The Kier molecular flexibility index (Phi) is 3.65. The van der Waals surface area contributed by atoms with Crippen LogP contribution in [0.25, 0.3) is 11.3 Å². The molecule has 1 fully saturated rings. The van der Waals surface area contributed by atoms with E-state index < -0.39 is 0 Å². The summed E-state index contributed by atoms with van der Waals surface area (Å²) in [6.45, 7) is 1.09. The normalized spacial score (nSPS) is 20.7. The van der Waals surface area contributed by atoms with Crippen molar-refractivity contribution >= 4 is 23.1 Å². The van der Waals surface area contributed by atoms with Crippen molar-refractivity contribution in [1.82, 2.24) is 10.3 Å². The summed E-state index contributed by atoms with van der Waals surface area (Å²) in [4.78, 5) is 6.41. The van der Waals surface area contributed by atoms with Crippen LogP contribution in [0.4, 0.5) is 0 Å². The number of fused-ring (bicyclic) bond motifs is 3. The fourth-order valence-electron chi connectivity index (χ4n) is 2.99. The lowest BCUT2D eigenvalue weighted by Gasteiger charge is -2.20. The maximum Gasteiger partial charge on any atom is 0.119 e. The van der Waals surface area contributed by atoms with Crippen molar-refractivity contribution in [3.8, 4) is 17.0 Å². The Hall–Kier alpha value is -1.04. The molecule has 0 saturated carbocycles. The molecule has 1 atom stereocenters. The second kappa shape index (κ2) is 5.63. The number of aryl methyl sites for hydroxylation is 2. The number of ether oxygens (including phenoxy) is 1. The number of hydrogen-bond acceptors (Lipinski definition) is 5. The van der Waals surface area contributed by atoms with E-state index in [0.29, 0.717) is 6.04 Å². The lowest BCUT2D eigenvalue weighted by Crippen LogP contribution is -2.30. The molecule has 1 unspecified atom stereocenters. The molecule has 1 N–H and O–H groups in total. The summed E-state index contributed by atoms with van der Waals surface area (Å²) in [7, 11) is 1.72. The first-order chi connectivity index (χ1) is 10.3. The van der Waals surface area contributed by atoms with Crippen molar-refractivity contribution in [2.75, 3.05) is 25.2 Å². The molecule has 0 radical (unpaired) electrons. The second-order valence-electron chi connectivity index (χ2n) is 5.43. The van der Waals surface area contributed by atoms with Crippen LogP contribution in [0.1, 0.15) is 21.5 Å². The van der Waals surface area contributed by atoms with Gasteiger partial charge < -0.3 is 10.1 Å². The standard InChI is InChI=1S/C16H18N2OS2/c1-19-11-4-2-10-3-5-14-15(12(10)8-11)18-16(21-14)13-9-20-7-6-17-13/h2,4,8,13,17H,3,5-7,9H2,1H3. The SMILES string of the molecule is COc1ccc2c(c1)-c1nc(C3CSCCN3)sc1CC2. The molecule has 110 valence electrons. The maximum absolute atomic E-state index is 5.38. The Morgan fingerprint density at radius 1 is 1.33 bits per heavy atom. The zero-order valence-electron chi connectivity index (χ0n) is 12.0. The molecule has 21 heavy (non-hydrogen) atoms. The number of nitrogens with one attached hydrogen (secondary N) is 1. The van der Waals surface area contributed by atoms with Gasteiger partial charge in [0.05, 0.1) is 18.8 Å². The Bertz CT molecular complexity index is 662. The van der Waals surface area contributed by atoms with Crippen molar-refractivity contribution in [1.29, 1.82) is 0 Å². The lowest BCUT2D eigenvalue weighted by molar-refractivity contribution is 0.415. The van der Waals surface area contributed by atoms with Gasteiger partial charge in [0, 0.05) is 28.5 Å². The summed E-state index contributed by atoms with van der Waals surface area (Å²) < 4.78 is 5.38. The Labute approximate surface area is 133 Å². The average Bonchev–Trinajstić information content (AvgIpc) is 3.00. The van der Waals surface area contributed by atoms with E-state index in [0.717, 1.165) is 30.9 Å². The van der Waals surface area contributed by atoms with Crippen molar-refractivity contribution in [3.05, 3.63) is 33.6 Å². The first-order valence-corrected chi connectivity index (χ1v) is 9.30. The molecule has 1 aliphatic heterocycles. The van der Waals surface area contributed by atoms with E-state index in [1.54, 1.807) is 7.11 Å². The van der Waals surface area contributed by atoms with Gasteiger partial charge in [-0.1, -0.05) is 6.07 Å². The van der Waals surface area contributed by atoms with E-state index in [1.807, 2.05) is 23.1 Å². The van der Waals surface area contributed by atoms with Gasteiger partial charge in [0.2, 0.25) is 0 Å². The number of benzene rings is 1. The predicted molar refractivity (Wildman–Crippen MR) is 89.6 cm³/mol. The van der Waals surface area contributed by atoms with Crippen molar-refractivity contribution in [2.45, 2.75) is 18.9 Å². The van der Waals surface area contributed by atoms with Crippen LogP contribution < -0.4 is 10.1 Å². The zero-order chi connectivity index (χ0) is 14.2. The van der Waals surface area contributed by atoms with Crippen LogP contribution in [0, 0.1) is 0 Å².